The van der Waals surface area contributed by atoms with E-state index in [0.717, 1.165) is 30.3 Å². The van der Waals surface area contributed by atoms with Crippen molar-refractivity contribution in [3.63, 3.8) is 0 Å². The molecular weight excluding hydrogens is 244 g/mol. The van der Waals surface area contributed by atoms with Crippen molar-refractivity contribution in [1.29, 1.82) is 0 Å². The van der Waals surface area contributed by atoms with Crippen LogP contribution in [0.5, 0.6) is 0 Å². The van der Waals surface area contributed by atoms with Gasteiger partial charge in [-0.1, -0.05) is 12.1 Å². The van der Waals surface area contributed by atoms with Gasteiger partial charge in [-0.05, 0) is 12.1 Å². The van der Waals surface area contributed by atoms with E-state index in [4.69, 9.17) is 4.74 Å². The number of para-hydroxylation sites is 1. The van der Waals surface area contributed by atoms with Crippen LogP contribution in [0.4, 0.5) is 0 Å². The lowest BCUT2D eigenvalue weighted by molar-refractivity contribution is 0.0768. The van der Waals surface area contributed by atoms with Crippen molar-refractivity contribution < 1.29 is 4.74 Å². The van der Waals surface area contributed by atoms with Crippen LogP contribution in [0.3, 0.4) is 0 Å². The highest BCUT2D eigenvalue weighted by atomic mass is 35.5. The molecule has 1 saturated heterocycles. The molecule has 3 rings (SSSR count). The first-order valence-corrected chi connectivity index (χ1v) is 5.92. The molecule has 1 aromatic carbocycles. The smallest absolute Gasteiger partial charge is 0.113 e. The van der Waals surface area contributed by atoms with Crippen LogP contribution in [0, 0.1) is 0 Å². The third-order valence-electron chi connectivity index (χ3n) is 2.53. The number of thiazole rings is 1. The molecule has 1 aromatic heterocycles. The van der Waals surface area contributed by atoms with Gasteiger partial charge in [0, 0.05) is 6.54 Å². The summed E-state index contributed by atoms with van der Waals surface area (Å²) < 4.78 is 6.69. The van der Waals surface area contributed by atoms with Gasteiger partial charge in [-0.2, -0.15) is 0 Å². The van der Waals surface area contributed by atoms with Gasteiger partial charge in [-0.3, -0.25) is 0 Å². The lowest BCUT2D eigenvalue weighted by atomic mass is 10.3. The summed E-state index contributed by atoms with van der Waals surface area (Å²) in [6.07, 6.45) is 0. The molecule has 0 amide bonds. The lowest BCUT2D eigenvalue weighted by Gasteiger charge is -2.21. The second kappa shape index (κ2) is 5.10. The molecule has 0 aliphatic carbocycles. The normalized spacial score (nSPS) is 20.6. The number of hydrogen-bond acceptors (Lipinski definition) is 4. The minimum atomic E-state index is 0. The Hall–Kier alpha value is -0.680. The molecule has 0 spiro atoms. The number of aromatic nitrogens is 1. The number of benzene rings is 1. The van der Waals surface area contributed by atoms with E-state index in [1.165, 1.54) is 4.70 Å². The van der Waals surface area contributed by atoms with Crippen molar-refractivity contribution in [3.05, 3.63) is 29.3 Å². The molecule has 0 bridgehead atoms. The maximum absolute atomic E-state index is 5.44. The third-order valence-corrected chi connectivity index (χ3v) is 3.68. The fourth-order valence-corrected chi connectivity index (χ4v) is 2.79. The van der Waals surface area contributed by atoms with Gasteiger partial charge in [0.1, 0.15) is 5.01 Å². The van der Waals surface area contributed by atoms with Gasteiger partial charge in [0.15, 0.2) is 0 Å². The van der Waals surface area contributed by atoms with Gasteiger partial charge in [0.2, 0.25) is 0 Å². The minimum absolute atomic E-state index is 0. The summed E-state index contributed by atoms with van der Waals surface area (Å²) in [5.41, 5.74) is 1.09. The maximum atomic E-state index is 5.44. The number of ether oxygens (including phenoxy) is 1. The summed E-state index contributed by atoms with van der Waals surface area (Å²) in [6, 6.07) is 8.52. The van der Waals surface area contributed by atoms with Crippen LogP contribution < -0.4 is 5.32 Å². The Balaban J connectivity index is 0.000000963. The molecule has 1 atom stereocenters. The van der Waals surface area contributed by atoms with Gasteiger partial charge in [0.25, 0.3) is 0 Å². The fraction of sp³-hybridized carbons (Fsp3) is 0.364. The van der Waals surface area contributed by atoms with Crippen LogP contribution in [0.25, 0.3) is 10.2 Å². The van der Waals surface area contributed by atoms with Gasteiger partial charge in [-0.25, -0.2) is 4.98 Å². The highest BCUT2D eigenvalue weighted by Crippen LogP contribution is 2.26. The summed E-state index contributed by atoms with van der Waals surface area (Å²) in [5, 5.41) is 4.55. The number of rotatable bonds is 1. The van der Waals surface area contributed by atoms with Crippen LogP contribution in [-0.2, 0) is 4.74 Å². The first kappa shape index (κ1) is 11.8. The molecule has 1 unspecified atom stereocenters. The first-order chi connectivity index (χ1) is 7.43. The Morgan fingerprint density at radius 1 is 1.38 bits per heavy atom. The Morgan fingerprint density at radius 3 is 3.00 bits per heavy atom. The average molecular weight is 257 g/mol. The monoisotopic (exact) mass is 256 g/mol. The zero-order valence-corrected chi connectivity index (χ0v) is 10.3. The summed E-state index contributed by atoms with van der Waals surface area (Å²) in [5.74, 6) is 0. The second-order valence-corrected chi connectivity index (χ2v) is 4.66. The zero-order valence-electron chi connectivity index (χ0n) is 8.68. The molecule has 0 saturated carbocycles. The van der Waals surface area contributed by atoms with Gasteiger partial charge < -0.3 is 10.1 Å². The molecule has 1 N–H and O–H groups in total. The lowest BCUT2D eigenvalue weighted by Crippen LogP contribution is -2.34. The van der Waals surface area contributed by atoms with E-state index in [9.17, 15) is 0 Å². The van der Waals surface area contributed by atoms with E-state index in [0.29, 0.717) is 0 Å². The Morgan fingerprint density at radius 2 is 2.25 bits per heavy atom. The van der Waals surface area contributed by atoms with Crippen molar-refractivity contribution in [2.45, 2.75) is 6.04 Å². The number of nitrogens with one attached hydrogen (secondary N) is 1. The number of halogens is 1. The van der Waals surface area contributed by atoms with Crippen molar-refractivity contribution >= 4 is 34.0 Å². The summed E-state index contributed by atoms with van der Waals surface area (Å²) in [7, 11) is 0. The first-order valence-electron chi connectivity index (χ1n) is 5.10. The van der Waals surface area contributed by atoms with Gasteiger partial charge in [0.05, 0.1) is 29.5 Å². The van der Waals surface area contributed by atoms with Gasteiger partial charge >= 0.3 is 0 Å². The van der Waals surface area contributed by atoms with Crippen LogP contribution in [0.15, 0.2) is 24.3 Å². The predicted molar refractivity (Wildman–Crippen MR) is 68.4 cm³/mol. The minimum Gasteiger partial charge on any atom is -0.378 e. The van der Waals surface area contributed by atoms with Crippen molar-refractivity contribution in [2.24, 2.45) is 0 Å². The zero-order chi connectivity index (χ0) is 10.1. The molecule has 2 aromatic rings. The van der Waals surface area contributed by atoms with Crippen molar-refractivity contribution in [1.82, 2.24) is 10.3 Å². The quantitative estimate of drug-likeness (QED) is 0.851. The van der Waals surface area contributed by atoms with Crippen LogP contribution in [0.2, 0.25) is 0 Å². The fourth-order valence-electron chi connectivity index (χ4n) is 1.76. The molecule has 1 fully saturated rings. The molecule has 1 aliphatic rings. The summed E-state index contributed by atoms with van der Waals surface area (Å²) in [6.45, 7) is 2.46. The predicted octanol–water partition coefficient (Wildman–Crippen LogP) is 2.38. The number of fused-ring (bicyclic) bond motifs is 1. The van der Waals surface area contributed by atoms with E-state index in [-0.39, 0.29) is 18.4 Å². The molecular formula is C11H13ClN2OS. The van der Waals surface area contributed by atoms with Gasteiger partial charge in [-0.15, -0.1) is 23.7 Å². The van der Waals surface area contributed by atoms with Crippen molar-refractivity contribution in [2.75, 3.05) is 19.8 Å². The van der Waals surface area contributed by atoms with Crippen LogP contribution in [-0.4, -0.2) is 24.7 Å². The van der Waals surface area contributed by atoms with Crippen LogP contribution in [0.1, 0.15) is 11.0 Å². The molecule has 3 nitrogen and oxygen atoms in total. The Kier molecular flexibility index (Phi) is 3.76. The van der Waals surface area contributed by atoms with E-state index in [2.05, 4.69) is 28.5 Å². The van der Waals surface area contributed by atoms with E-state index >= 15 is 0 Å². The highest BCUT2D eigenvalue weighted by Gasteiger charge is 2.18. The Bertz CT molecular complexity index is 435. The number of nitrogens with zero attached hydrogens (tertiary/aromatic N) is 1. The molecule has 5 heteroatoms. The molecule has 1 aliphatic heterocycles. The van der Waals surface area contributed by atoms with E-state index in [1.807, 2.05) is 6.07 Å². The standard InChI is InChI=1S/C11H12N2OS.ClH/c1-2-4-10-8(3-1)13-11(15-10)9-7-14-6-5-12-9;/h1-4,9,12H,5-7H2;1H. The molecule has 2 heterocycles. The molecule has 86 valence electrons. The topological polar surface area (TPSA) is 34.1 Å². The Labute approximate surface area is 104 Å². The maximum Gasteiger partial charge on any atom is 0.113 e. The van der Waals surface area contributed by atoms with E-state index < -0.39 is 0 Å². The number of morpholine rings is 1. The van der Waals surface area contributed by atoms with Crippen molar-refractivity contribution in [3.8, 4) is 0 Å². The molecule has 16 heavy (non-hydrogen) atoms. The largest absolute Gasteiger partial charge is 0.378 e. The third kappa shape index (κ3) is 2.20. The average Bonchev–Trinajstić information content (AvgIpc) is 2.74. The molecule has 0 radical (unpaired) electrons. The van der Waals surface area contributed by atoms with Crippen LogP contribution >= 0.6 is 23.7 Å². The summed E-state index contributed by atoms with van der Waals surface area (Å²) >= 11 is 1.75. The number of hydrogen-bond donors (Lipinski definition) is 1. The summed E-state index contributed by atoms with van der Waals surface area (Å²) in [4.78, 5) is 4.61. The van der Waals surface area contributed by atoms with E-state index in [1.54, 1.807) is 11.3 Å². The highest BCUT2D eigenvalue weighted by molar-refractivity contribution is 7.18. The SMILES string of the molecule is Cl.c1ccc2sc(C3COCCN3)nc2c1. The second-order valence-electron chi connectivity index (χ2n) is 3.60.